The number of hydrogen-bond donors (Lipinski definition) is 2. The minimum atomic E-state index is -0.534. The molecule has 0 aliphatic heterocycles. The molecule has 2 N–H and O–H groups in total. The van der Waals surface area contributed by atoms with Crippen molar-refractivity contribution in [3.05, 3.63) is 6.20 Å². The van der Waals surface area contributed by atoms with E-state index in [0.717, 1.165) is 31.0 Å². The molecule has 1 aliphatic rings. The van der Waals surface area contributed by atoms with Gasteiger partial charge in [-0.3, -0.25) is 0 Å². The lowest BCUT2D eigenvalue weighted by Gasteiger charge is -2.16. The summed E-state index contributed by atoms with van der Waals surface area (Å²) in [5.41, 5.74) is 0. The van der Waals surface area contributed by atoms with E-state index in [9.17, 15) is 5.11 Å². The topological polar surface area (TPSA) is 76.5 Å². The van der Waals surface area contributed by atoms with Gasteiger partial charge in [-0.05, 0) is 19.3 Å². The van der Waals surface area contributed by atoms with Crippen LogP contribution in [0.25, 0.3) is 0 Å². The van der Waals surface area contributed by atoms with Gasteiger partial charge in [0.05, 0.1) is 17.8 Å². The molecule has 0 aromatic carbocycles. The maximum atomic E-state index is 9.77. The molecule has 0 saturated heterocycles. The second-order valence-electron chi connectivity index (χ2n) is 4.49. The fraction of sp³-hybridized carbons (Fsp3) is 0.818. The van der Waals surface area contributed by atoms with E-state index in [1.54, 1.807) is 13.3 Å². The highest BCUT2D eigenvalue weighted by Gasteiger charge is 2.24. The number of aliphatic hydroxyl groups excluding tert-OH is 1. The van der Waals surface area contributed by atoms with Crippen molar-refractivity contribution >= 4 is 11.7 Å². The van der Waals surface area contributed by atoms with E-state index < -0.39 is 6.10 Å². The van der Waals surface area contributed by atoms with Crippen molar-refractivity contribution in [1.29, 1.82) is 0 Å². The highest BCUT2D eigenvalue weighted by molar-refractivity contribution is 6.99. The molecule has 0 amide bonds. The molecular formula is C11H19N3O3S. The van der Waals surface area contributed by atoms with Crippen LogP contribution in [0.2, 0.25) is 0 Å². The van der Waals surface area contributed by atoms with Crippen LogP contribution in [0.4, 0.5) is 0 Å². The molecule has 1 heterocycles. The number of hydrogen-bond acceptors (Lipinski definition) is 7. The van der Waals surface area contributed by atoms with Crippen molar-refractivity contribution in [2.24, 2.45) is 0 Å². The predicted molar refractivity (Wildman–Crippen MR) is 67.8 cm³/mol. The summed E-state index contributed by atoms with van der Waals surface area (Å²) in [4.78, 5) is 0. The number of rotatable bonds is 7. The second-order valence-corrected chi connectivity index (χ2v) is 5.04. The predicted octanol–water partition coefficient (Wildman–Crippen LogP) is 0.435. The third-order valence-electron chi connectivity index (χ3n) is 3.12. The number of aromatic nitrogens is 2. The van der Waals surface area contributed by atoms with E-state index in [1.807, 2.05) is 0 Å². The van der Waals surface area contributed by atoms with Crippen molar-refractivity contribution in [2.75, 3.05) is 20.3 Å². The zero-order valence-electron chi connectivity index (χ0n) is 10.4. The highest BCUT2D eigenvalue weighted by Crippen LogP contribution is 2.21. The standard InChI is InChI=1S/C11H19N3O3S/c1-16-10-3-2-8(4-10)12-5-9(15)7-17-11-6-13-18-14-11/h6,8-10,12,15H,2-5,7H2,1H3. The van der Waals surface area contributed by atoms with Gasteiger partial charge in [0, 0.05) is 19.7 Å². The Labute approximate surface area is 111 Å². The Bertz CT molecular complexity index is 336. The SMILES string of the molecule is COC1CCC(NCC(O)COc2cnsn2)C1. The van der Waals surface area contributed by atoms with Crippen molar-refractivity contribution in [3.63, 3.8) is 0 Å². The van der Waals surface area contributed by atoms with Gasteiger partial charge in [0.25, 0.3) is 0 Å². The molecule has 18 heavy (non-hydrogen) atoms. The first-order valence-corrected chi connectivity index (χ1v) is 6.85. The average molecular weight is 273 g/mol. The minimum absolute atomic E-state index is 0.235. The summed E-state index contributed by atoms with van der Waals surface area (Å²) in [6, 6.07) is 0.436. The molecule has 1 aromatic heterocycles. The molecular weight excluding hydrogens is 254 g/mol. The van der Waals surface area contributed by atoms with Crippen LogP contribution in [0.5, 0.6) is 5.88 Å². The van der Waals surface area contributed by atoms with Gasteiger partial charge in [-0.1, -0.05) is 0 Å². The van der Waals surface area contributed by atoms with E-state index in [2.05, 4.69) is 14.1 Å². The summed E-state index contributed by atoms with van der Waals surface area (Å²) in [5, 5.41) is 13.1. The number of nitrogens with zero attached hydrogens (tertiary/aromatic N) is 2. The summed E-state index contributed by atoms with van der Waals surface area (Å²) in [6.07, 6.45) is 4.57. The summed E-state index contributed by atoms with van der Waals surface area (Å²) < 4.78 is 18.3. The lowest BCUT2D eigenvalue weighted by molar-refractivity contribution is 0.0955. The van der Waals surface area contributed by atoms with E-state index in [0.29, 0.717) is 24.6 Å². The van der Waals surface area contributed by atoms with Gasteiger partial charge >= 0.3 is 0 Å². The third kappa shape index (κ3) is 4.16. The summed E-state index contributed by atoms with van der Waals surface area (Å²) in [7, 11) is 1.75. The van der Waals surface area contributed by atoms with Gasteiger partial charge in [0.2, 0.25) is 5.88 Å². The molecule has 1 aliphatic carbocycles. The first kappa shape index (κ1) is 13.7. The zero-order chi connectivity index (χ0) is 12.8. The zero-order valence-corrected chi connectivity index (χ0v) is 11.2. The first-order chi connectivity index (χ1) is 8.78. The van der Waals surface area contributed by atoms with Crippen LogP contribution in [0, 0.1) is 0 Å². The van der Waals surface area contributed by atoms with Gasteiger partial charge in [-0.25, -0.2) is 0 Å². The lowest BCUT2D eigenvalue weighted by Crippen LogP contribution is -2.37. The maximum absolute atomic E-state index is 9.77. The smallest absolute Gasteiger partial charge is 0.245 e. The molecule has 2 rings (SSSR count). The lowest BCUT2D eigenvalue weighted by atomic mass is 10.2. The molecule has 0 radical (unpaired) electrons. The van der Waals surface area contributed by atoms with Crippen LogP contribution in [0.1, 0.15) is 19.3 Å². The Morgan fingerprint density at radius 2 is 2.50 bits per heavy atom. The van der Waals surface area contributed by atoms with Gasteiger partial charge in [-0.2, -0.15) is 4.37 Å². The number of aliphatic hydroxyl groups is 1. The number of nitrogens with one attached hydrogen (secondary N) is 1. The normalized spacial score (nSPS) is 25.2. The number of methoxy groups -OCH3 is 1. The number of ether oxygens (including phenoxy) is 2. The minimum Gasteiger partial charge on any atom is -0.473 e. The molecule has 3 atom stereocenters. The van der Waals surface area contributed by atoms with E-state index in [1.165, 1.54) is 0 Å². The van der Waals surface area contributed by atoms with Crippen molar-refractivity contribution in [2.45, 2.75) is 37.5 Å². The van der Waals surface area contributed by atoms with Crippen molar-refractivity contribution < 1.29 is 14.6 Å². The maximum Gasteiger partial charge on any atom is 0.245 e. The van der Waals surface area contributed by atoms with Crippen LogP contribution < -0.4 is 10.1 Å². The Balaban J connectivity index is 1.59. The second kappa shape index (κ2) is 6.98. The summed E-state index contributed by atoms with van der Waals surface area (Å²) >= 11 is 1.09. The van der Waals surface area contributed by atoms with Gasteiger partial charge in [0.1, 0.15) is 18.9 Å². The molecule has 6 nitrogen and oxygen atoms in total. The molecule has 0 bridgehead atoms. The summed E-state index contributed by atoms with van der Waals surface area (Å²) in [6.45, 7) is 0.761. The molecule has 1 aromatic rings. The van der Waals surface area contributed by atoms with Crippen LogP contribution in [-0.2, 0) is 4.74 Å². The average Bonchev–Trinajstić information content (AvgIpc) is 3.04. The van der Waals surface area contributed by atoms with Crippen LogP contribution in [0.3, 0.4) is 0 Å². The Morgan fingerprint density at radius 1 is 1.61 bits per heavy atom. The van der Waals surface area contributed by atoms with E-state index in [-0.39, 0.29) is 6.61 Å². The van der Waals surface area contributed by atoms with Gasteiger partial charge in [-0.15, -0.1) is 4.37 Å². The molecule has 0 spiro atoms. The van der Waals surface area contributed by atoms with E-state index >= 15 is 0 Å². The van der Waals surface area contributed by atoms with E-state index in [4.69, 9.17) is 9.47 Å². The fourth-order valence-electron chi connectivity index (χ4n) is 2.10. The van der Waals surface area contributed by atoms with Crippen LogP contribution >= 0.6 is 11.7 Å². The quantitative estimate of drug-likeness (QED) is 0.750. The Hall–Kier alpha value is -0.760. The molecule has 102 valence electrons. The van der Waals surface area contributed by atoms with Crippen LogP contribution in [0.15, 0.2) is 6.20 Å². The van der Waals surface area contributed by atoms with Gasteiger partial charge < -0.3 is 19.9 Å². The van der Waals surface area contributed by atoms with Crippen LogP contribution in [-0.4, -0.2) is 52.4 Å². The van der Waals surface area contributed by atoms with Crippen molar-refractivity contribution in [3.8, 4) is 5.88 Å². The Kier molecular flexibility index (Phi) is 5.30. The first-order valence-electron chi connectivity index (χ1n) is 6.12. The van der Waals surface area contributed by atoms with Crippen molar-refractivity contribution in [1.82, 2.24) is 14.1 Å². The fourth-order valence-corrected chi connectivity index (χ4v) is 2.47. The Morgan fingerprint density at radius 3 is 3.17 bits per heavy atom. The molecule has 1 saturated carbocycles. The van der Waals surface area contributed by atoms with Gasteiger partial charge in [0.15, 0.2) is 0 Å². The highest BCUT2D eigenvalue weighted by atomic mass is 32.1. The summed E-state index contributed by atoms with van der Waals surface area (Å²) in [5.74, 6) is 0.472. The third-order valence-corrected chi connectivity index (χ3v) is 3.59. The molecule has 1 fully saturated rings. The molecule has 3 unspecified atom stereocenters. The molecule has 7 heteroatoms. The monoisotopic (exact) mass is 273 g/mol. The largest absolute Gasteiger partial charge is 0.473 e.